The Kier molecular flexibility index (Phi) is 3.53. The minimum atomic E-state index is -0.336. The molecule has 3 heteroatoms. The first kappa shape index (κ1) is 16.6. The third-order valence-corrected chi connectivity index (χ3v) is 8.66. The topological polar surface area (TPSA) is 46.5 Å². The lowest BCUT2D eigenvalue weighted by molar-refractivity contribution is -0.190. The van der Waals surface area contributed by atoms with E-state index in [2.05, 4.69) is 26.8 Å². The van der Waals surface area contributed by atoms with Gasteiger partial charge in [-0.25, -0.2) is 0 Å². The molecule has 5 aliphatic rings. The third-order valence-electron chi connectivity index (χ3n) is 8.66. The maximum absolute atomic E-state index is 12.6. The van der Waals surface area contributed by atoms with Crippen molar-refractivity contribution in [1.82, 2.24) is 0 Å². The standard InChI is InChI=1S/C21H32O3/c1-13-11-21-9-6-16-19(2,17(21)10-14(13)15(22)12-21)7-5-8-20(16,3)18(23)24-4/h11,14-17,22H,5-10,12H2,1-4H3/t14-,15?,16-,17-,19+,20-,21+/m1/s1. The Balaban J connectivity index is 1.76. The molecule has 0 radical (unpaired) electrons. The number of rotatable bonds is 1. The number of methoxy groups -OCH3 is 1. The van der Waals surface area contributed by atoms with Crippen molar-refractivity contribution in [3.8, 4) is 0 Å². The van der Waals surface area contributed by atoms with Gasteiger partial charge in [-0.3, -0.25) is 4.79 Å². The highest BCUT2D eigenvalue weighted by Gasteiger charge is 2.65. The summed E-state index contributed by atoms with van der Waals surface area (Å²) >= 11 is 0. The lowest BCUT2D eigenvalue weighted by atomic mass is 9.38. The molecule has 0 saturated heterocycles. The minimum Gasteiger partial charge on any atom is -0.469 e. The number of ether oxygens (including phenoxy) is 1. The van der Waals surface area contributed by atoms with Crippen LogP contribution in [0.4, 0.5) is 0 Å². The van der Waals surface area contributed by atoms with E-state index in [4.69, 9.17) is 4.74 Å². The Morgan fingerprint density at radius 1 is 1.25 bits per heavy atom. The van der Waals surface area contributed by atoms with Crippen LogP contribution in [0, 0.1) is 34.0 Å². The highest BCUT2D eigenvalue weighted by atomic mass is 16.5. The first-order valence-corrected chi connectivity index (χ1v) is 9.73. The summed E-state index contributed by atoms with van der Waals surface area (Å²) in [6.45, 7) is 6.80. The van der Waals surface area contributed by atoms with E-state index in [1.807, 2.05) is 0 Å². The zero-order valence-electron chi connectivity index (χ0n) is 15.6. The van der Waals surface area contributed by atoms with Gasteiger partial charge >= 0.3 is 5.97 Å². The molecule has 0 aliphatic heterocycles. The van der Waals surface area contributed by atoms with Crippen LogP contribution in [0.2, 0.25) is 0 Å². The van der Waals surface area contributed by atoms with Crippen LogP contribution in [0.3, 0.4) is 0 Å². The first-order valence-electron chi connectivity index (χ1n) is 9.73. The van der Waals surface area contributed by atoms with Crippen molar-refractivity contribution in [1.29, 1.82) is 0 Å². The molecule has 134 valence electrons. The highest BCUT2D eigenvalue weighted by Crippen LogP contribution is 2.70. The second kappa shape index (κ2) is 5.09. The summed E-state index contributed by atoms with van der Waals surface area (Å²) < 4.78 is 5.23. The van der Waals surface area contributed by atoms with Gasteiger partial charge in [0.25, 0.3) is 0 Å². The molecule has 0 heterocycles. The van der Waals surface area contributed by atoms with Crippen LogP contribution in [-0.2, 0) is 9.53 Å². The van der Waals surface area contributed by atoms with Crippen molar-refractivity contribution < 1.29 is 14.6 Å². The summed E-state index contributed by atoms with van der Waals surface area (Å²) in [5.74, 6) is 1.33. The van der Waals surface area contributed by atoms with Gasteiger partial charge in [0.2, 0.25) is 0 Å². The fraction of sp³-hybridized carbons (Fsp3) is 0.857. The van der Waals surface area contributed by atoms with Crippen molar-refractivity contribution in [2.75, 3.05) is 7.11 Å². The predicted molar refractivity (Wildman–Crippen MR) is 93.2 cm³/mol. The second-order valence-electron chi connectivity index (χ2n) is 9.65. The number of carbonyl (C=O) groups excluding carboxylic acids is 1. The molecule has 5 rings (SSSR count). The maximum atomic E-state index is 12.6. The summed E-state index contributed by atoms with van der Waals surface area (Å²) in [6, 6.07) is 0. The lowest BCUT2D eigenvalue weighted by Crippen LogP contribution is -2.62. The van der Waals surface area contributed by atoms with Crippen molar-refractivity contribution in [2.24, 2.45) is 34.0 Å². The zero-order chi connectivity index (χ0) is 17.3. The Morgan fingerprint density at radius 3 is 2.67 bits per heavy atom. The van der Waals surface area contributed by atoms with Crippen LogP contribution >= 0.6 is 0 Å². The van der Waals surface area contributed by atoms with Crippen molar-refractivity contribution in [3.63, 3.8) is 0 Å². The first-order chi connectivity index (χ1) is 11.3. The third kappa shape index (κ3) is 1.91. The normalized spacial score (nSPS) is 53.0. The molecule has 7 atom stereocenters. The minimum absolute atomic E-state index is 0.0119. The Labute approximate surface area is 145 Å². The quantitative estimate of drug-likeness (QED) is 0.581. The Bertz CT molecular complexity index is 596. The fourth-order valence-corrected chi connectivity index (χ4v) is 7.67. The van der Waals surface area contributed by atoms with Gasteiger partial charge in [0.1, 0.15) is 0 Å². The zero-order valence-corrected chi connectivity index (χ0v) is 15.6. The molecule has 3 fully saturated rings. The van der Waals surface area contributed by atoms with Crippen molar-refractivity contribution in [2.45, 2.75) is 71.8 Å². The van der Waals surface area contributed by atoms with Gasteiger partial charge < -0.3 is 9.84 Å². The molecule has 0 amide bonds. The van der Waals surface area contributed by atoms with Crippen LogP contribution < -0.4 is 0 Å². The summed E-state index contributed by atoms with van der Waals surface area (Å²) in [7, 11) is 1.54. The molecule has 0 aromatic heterocycles. The molecule has 2 bridgehead atoms. The largest absolute Gasteiger partial charge is 0.469 e. The number of fused-ring (bicyclic) bond motifs is 2. The number of hydrogen-bond donors (Lipinski definition) is 1. The monoisotopic (exact) mass is 332 g/mol. The van der Waals surface area contributed by atoms with Gasteiger partial charge in [0.15, 0.2) is 0 Å². The van der Waals surface area contributed by atoms with Crippen LogP contribution in [0.25, 0.3) is 0 Å². The molecular weight excluding hydrogens is 300 g/mol. The van der Waals surface area contributed by atoms with Crippen molar-refractivity contribution in [3.05, 3.63) is 11.6 Å². The predicted octanol–water partition coefficient (Wildman–Crippen LogP) is 4.10. The van der Waals surface area contributed by atoms with Crippen molar-refractivity contribution >= 4 is 5.97 Å². The second-order valence-corrected chi connectivity index (χ2v) is 9.65. The number of aliphatic hydroxyl groups is 1. The smallest absolute Gasteiger partial charge is 0.311 e. The molecular formula is C21H32O3. The van der Waals surface area contributed by atoms with E-state index in [1.54, 1.807) is 0 Å². The molecule has 1 unspecified atom stereocenters. The van der Waals surface area contributed by atoms with E-state index in [1.165, 1.54) is 19.1 Å². The van der Waals surface area contributed by atoms with E-state index >= 15 is 0 Å². The molecule has 5 aliphatic carbocycles. The van der Waals surface area contributed by atoms with Gasteiger partial charge in [-0.1, -0.05) is 25.0 Å². The van der Waals surface area contributed by atoms with Gasteiger partial charge in [-0.05, 0) is 75.0 Å². The number of aliphatic hydroxyl groups excluding tert-OH is 1. The highest BCUT2D eigenvalue weighted by molar-refractivity contribution is 5.77. The Morgan fingerprint density at radius 2 is 2.00 bits per heavy atom. The van der Waals surface area contributed by atoms with Gasteiger partial charge in [0, 0.05) is 5.92 Å². The number of allylic oxidation sites excluding steroid dienone is 1. The SMILES string of the molecule is COC(=O)[C@]1(C)CCC[C@@]2(C)[C@H]1CC[C@@]13C=C(C)[C@@H](C[C@@H]12)C(O)C3. The van der Waals surface area contributed by atoms with Crippen LogP contribution in [0.5, 0.6) is 0 Å². The molecule has 0 aromatic rings. The number of carbonyl (C=O) groups is 1. The summed E-state index contributed by atoms with van der Waals surface area (Å²) in [4.78, 5) is 12.6. The summed E-state index contributed by atoms with van der Waals surface area (Å²) in [6.07, 6.45) is 9.87. The number of hydrogen-bond acceptors (Lipinski definition) is 3. The average molecular weight is 332 g/mol. The van der Waals surface area contributed by atoms with E-state index in [-0.39, 0.29) is 28.3 Å². The molecule has 24 heavy (non-hydrogen) atoms. The molecule has 1 spiro atoms. The lowest BCUT2D eigenvalue weighted by Gasteiger charge is -2.67. The molecule has 1 N–H and O–H groups in total. The summed E-state index contributed by atoms with van der Waals surface area (Å²) in [5.41, 5.74) is 1.42. The van der Waals surface area contributed by atoms with Crippen LogP contribution in [0.15, 0.2) is 11.6 Å². The summed E-state index contributed by atoms with van der Waals surface area (Å²) in [5, 5.41) is 10.6. The molecule has 3 saturated carbocycles. The molecule has 0 aromatic carbocycles. The van der Waals surface area contributed by atoms with Crippen LogP contribution in [-0.4, -0.2) is 24.3 Å². The van der Waals surface area contributed by atoms with Gasteiger partial charge in [-0.15, -0.1) is 0 Å². The fourth-order valence-electron chi connectivity index (χ4n) is 7.67. The maximum Gasteiger partial charge on any atom is 0.311 e. The molecule has 3 nitrogen and oxygen atoms in total. The number of esters is 1. The average Bonchev–Trinajstić information content (AvgIpc) is 2.52. The van der Waals surface area contributed by atoms with E-state index in [0.29, 0.717) is 17.8 Å². The Hall–Kier alpha value is -0.830. The van der Waals surface area contributed by atoms with Crippen LogP contribution in [0.1, 0.15) is 65.7 Å². The van der Waals surface area contributed by atoms with E-state index < -0.39 is 0 Å². The van der Waals surface area contributed by atoms with E-state index in [0.717, 1.165) is 38.5 Å². The van der Waals surface area contributed by atoms with Gasteiger partial charge in [0.05, 0.1) is 18.6 Å². The van der Waals surface area contributed by atoms with E-state index in [9.17, 15) is 9.90 Å². The van der Waals surface area contributed by atoms with Gasteiger partial charge in [-0.2, -0.15) is 0 Å².